The van der Waals surface area contributed by atoms with Gasteiger partial charge in [-0.15, -0.1) is 0 Å². The molecule has 1 heterocycles. The molecule has 1 fully saturated rings. The maximum Gasteiger partial charge on any atom is 0.243 e. The van der Waals surface area contributed by atoms with Crippen molar-refractivity contribution in [1.29, 1.82) is 0 Å². The summed E-state index contributed by atoms with van der Waals surface area (Å²) in [5, 5.41) is 3.49. The molecule has 2 aromatic rings. The van der Waals surface area contributed by atoms with Gasteiger partial charge in [-0.05, 0) is 48.6 Å². The smallest absolute Gasteiger partial charge is 0.243 e. The molecule has 0 atom stereocenters. The highest BCUT2D eigenvalue weighted by Gasteiger charge is 2.26. The first-order valence-corrected chi connectivity index (χ1v) is 10.9. The first-order valence-electron chi connectivity index (χ1n) is 9.06. The maximum atomic E-state index is 12.5. The summed E-state index contributed by atoms with van der Waals surface area (Å²) in [6.07, 6.45) is 2.72. The molecule has 1 aliphatic rings. The quantitative estimate of drug-likeness (QED) is 0.766. The number of amides is 1. The van der Waals surface area contributed by atoms with Crippen molar-refractivity contribution in [2.24, 2.45) is 0 Å². The van der Waals surface area contributed by atoms with Crippen LogP contribution in [0, 0.1) is 0 Å². The lowest BCUT2D eigenvalue weighted by Crippen LogP contribution is -2.27. The number of benzene rings is 2. The fourth-order valence-corrected chi connectivity index (χ4v) is 4.81. The third-order valence-electron chi connectivity index (χ3n) is 4.70. The third-order valence-corrected chi connectivity index (χ3v) is 6.98. The van der Waals surface area contributed by atoms with Crippen LogP contribution >= 0.6 is 11.6 Å². The molecule has 0 radical (unpaired) electrons. The minimum absolute atomic E-state index is 0.0660. The number of carbonyl (C=O) groups excluding carboxylic acids is 1. The van der Waals surface area contributed by atoms with Crippen LogP contribution in [-0.4, -0.2) is 31.7 Å². The highest BCUT2D eigenvalue weighted by Crippen LogP contribution is 2.21. The van der Waals surface area contributed by atoms with Crippen LogP contribution in [0.4, 0.5) is 0 Å². The summed E-state index contributed by atoms with van der Waals surface area (Å²) in [6, 6.07) is 14.2. The number of rotatable bonds is 7. The second-order valence-corrected chi connectivity index (χ2v) is 8.97. The van der Waals surface area contributed by atoms with Gasteiger partial charge in [0.05, 0.1) is 4.90 Å². The van der Waals surface area contributed by atoms with Gasteiger partial charge in [-0.3, -0.25) is 4.79 Å². The number of nitrogens with one attached hydrogen (secondary N) is 1. The predicted molar refractivity (Wildman–Crippen MR) is 106 cm³/mol. The van der Waals surface area contributed by atoms with Crippen molar-refractivity contribution in [2.45, 2.75) is 37.1 Å². The second-order valence-electron chi connectivity index (χ2n) is 6.62. The molecular formula is C20H23ClN2O3S. The first-order chi connectivity index (χ1) is 13.0. The van der Waals surface area contributed by atoms with E-state index in [1.165, 1.54) is 4.31 Å². The zero-order valence-corrected chi connectivity index (χ0v) is 16.6. The lowest BCUT2D eigenvalue weighted by molar-refractivity contribution is -0.121. The van der Waals surface area contributed by atoms with Crippen molar-refractivity contribution in [3.05, 3.63) is 64.7 Å². The fourth-order valence-electron chi connectivity index (χ4n) is 3.09. The summed E-state index contributed by atoms with van der Waals surface area (Å²) in [6.45, 7) is 1.58. The van der Waals surface area contributed by atoms with E-state index in [-0.39, 0.29) is 5.91 Å². The Labute approximate surface area is 165 Å². The number of halogens is 1. The molecule has 7 heteroatoms. The molecule has 0 unspecified atom stereocenters. The highest BCUT2D eigenvalue weighted by molar-refractivity contribution is 7.89. The van der Waals surface area contributed by atoms with Gasteiger partial charge in [0.15, 0.2) is 0 Å². The van der Waals surface area contributed by atoms with Crippen LogP contribution in [0.15, 0.2) is 53.4 Å². The molecule has 5 nitrogen and oxygen atoms in total. The maximum absolute atomic E-state index is 12.5. The van der Waals surface area contributed by atoms with Crippen LogP contribution in [0.5, 0.6) is 0 Å². The monoisotopic (exact) mass is 406 g/mol. The van der Waals surface area contributed by atoms with Gasteiger partial charge in [0, 0.05) is 31.1 Å². The van der Waals surface area contributed by atoms with E-state index in [9.17, 15) is 13.2 Å². The third kappa shape index (κ3) is 5.09. The lowest BCUT2D eigenvalue weighted by atomic mass is 10.1. The predicted octanol–water partition coefficient (Wildman–Crippen LogP) is 3.37. The number of hydrogen-bond acceptors (Lipinski definition) is 3. The zero-order valence-electron chi connectivity index (χ0n) is 15.0. The van der Waals surface area contributed by atoms with Crippen molar-refractivity contribution >= 4 is 27.5 Å². The molecule has 0 aromatic heterocycles. The molecule has 0 saturated carbocycles. The van der Waals surface area contributed by atoms with Gasteiger partial charge in [0.1, 0.15) is 0 Å². The summed E-state index contributed by atoms with van der Waals surface area (Å²) in [7, 11) is -3.39. The van der Waals surface area contributed by atoms with Crippen molar-refractivity contribution in [3.63, 3.8) is 0 Å². The molecule has 0 aliphatic carbocycles. The van der Waals surface area contributed by atoms with E-state index in [2.05, 4.69) is 5.32 Å². The Morgan fingerprint density at radius 3 is 2.37 bits per heavy atom. The first kappa shape index (κ1) is 19.9. The lowest BCUT2D eigenvalue weighted by Gasteiger charge is -2.15. The molecule has 3 rings (SSSR count). The van der Waals surface area contributed by atoms with E-state index < -0.39 is 10.0 Å². The molecule has 27 heavy (non-hydrogen) atoms. The summed E-state index contributed by atoms with van der Waals surface area (Å²) in [4.78, 5) is 12.4. The van der Waals surface area contributed by atoms with Crippen LogP contribution in [0.1, 0.15) is 30.4 Å². The number of aryl methyl sites for hydroxylation is 1. The molecule has 144 valence electrons. The Kier molecular flexibility index (Phi) is 6.52. The van der Waals surface area contributed by atoms with Gasteiger partial charge in [0.25, 0.3) is 0 Å². The van der Waals surface area contributed by atoms with Gasteiger partial charge >= 0.3 is 0 Å². The van der Waals surface area contributed by atoms with E-state index in [1.54, 1.807) is 30.3 Å². The SMILES string of the molecule is O=C(CCc1ccc(S(=O)(=O)N2CCCC2)cc1)NCc1ccccc1Cl. The van der Waals surface area contributed by atoms with Crippen LogP contribution in [0.25, 0.3) is 0 Å². The molecule has 2 aromatic carbocycles. The summed E-state index contributed by atoms with van der Waals surface area (Å²) >= 11 is 6.08. The van der Waals surface area contributed by atoms with Crippen LogP contribution in [0.2, 0.25) is 5.02 Å². The van der Waals surface area contributed by atoms with E-state index >= 15 is 0 Å². The Morgan fingerprint density at radius 2 is 1.70 bits per heavy atom. The topological polar surface area (TPSA) is 66.5 Å². The van der Waals surface area contributed by atoms with Crippen LogP contribution in [0.3, 0.4) is 0 Å². The van der Waals surface area contributed by atoms with Gasteiger partial charge in [-0.2, -0.15) is 4.31 Å². The van der Waals surface area contributed by atoms with E-state index in [1.807, 2.05) is 18.2 Å². The Balaban J connectivity index is 1.51. The fraction of sp³-hybridized carbons (Fsp3) is 0.350. The van der Waals surface area contributed by atoms with Crippen LogP contribution < -0.4 is 5.32 Å². The molecule has 1 N–H and O–H groups in total. The number of nitrogens with zero attached hydrogens (tertiary/aromatic N) is 1. The summed E-state index contributed by atoms with van der Waals surface area (Å²) < 4.78 is 26.6. The average molecular weight is 407 g/mol. The van der Waals surface area contributed by atoms with Crippen molar-refractivity contribution in [1.82, 2.24) is 9.62 Å². The minimum Gasteiger partial charge on any atom is -0.352 e. The second kappa shape index (κ2) is 8.87. The number of hydrogen-bond donors (Lipinski definition) is 1. The normalized spacial score (nSPS) is 15.0. The van der Waals surface area contributed by atoms with Gasteiger partial charge in [0.2, 0.25) is 15.9 Å². The largest absolute Gasteiger partial charge is 0.352 e. The van der Waals surface area contributed by atoms with Crippen molar-refractivity contribution in [3.8, 4) is 0 Å². The molecule has 1 aliphatic heterocycles. The Hall–Kier alpha value is -1.89. The average Bonchev–Trinajstić information content (AvgIpc) is 3.22. The van der Waals surface area contributed by atoms with E-state index in [0.29, 0.717) is 42.4 Å². The number of sulfonamides is 1. The minimum atomic E-state index is -3.39. The molecular weight excluding hydrogens is 384 g/mol. The van der Waals surface area contributed by atoms with Gasteiger partial charge < -0.3 is 5.32 Å². The standard InChI is InChI=1S/C20H23ClN2O3S/c21-19-6-2-1-5-17(19)15-22-20(24)12-9-16-7-10-18(11-8-16)27(25,26)23-13-3-4-14-23/h1-2,5-8,10-11H,3-4,9,12-15H2,(H,22,24). The molecule has 0 bridgehead atoms. The van der Waals surface area contributed by atoms with E-state index in [0.717, 1.165) is 24.0 Å². The van der Waals surface area contributed by atoms with Crippen LogP contribution in [-0.2, 0) is 27.8 Å². The van der Waals surface area contributed by atoms with Crippen molar-refractivity contribution < 1.29 is 13.2 Å². The Morgan fingerprint density at radius 1 is 1.04 bits per heavy atom. The summed E-state index contributed by atoms with van der Waals surface area (Å²) in [5.74, 6) is -0.0660. The van der Waals surface area contributed by atoms with E-state index in [4.69, 9.17) is 11.6 Å². The highest BCUT2D eigenvalue weighted by atomic mass is 35.5. The zero-order chi connectivity index (χ0) is 19.3. The molecule has 1 amide bonds. The van der Waals surface area contributed by atoms with Gasteiger partial charge in [-0.25, -0.2) is 8.42 Å². The molecule has 1 saturated heterocycles. The van der Waals surface area contributed by atoms with Gasteiger partial charge in [-0.1, -0.05) is 41.9 Å². The molecule has 0 spiro atoms. The Bertz CT molecular complexity index is 892. The summed E-state index contributed by atoms with van der Waals surface area (Å²) in [5.41, 5.74) is 1.81. The van der Waals surface area contributed by atoms with Crippen molar-refractivity contribution in [2.75, 3.05) is 13.1 Å². The number of carbonyl (C=O) groups is 1.